The zero-order chi connectivity index (χ0) is 10.9. The molecule has 0 fully saturated rings. The van der Waals surface area contributed by atoms with E-state index in [9.17, 15) is 0 Å². The van der Waals surface area contributed by atoms with Gasteiger partial charge in [-0.25, -0.2) is 0 Å². The lowest BCUT2D eigenvalue weighted by Gasteiger charge is -2.09. The first kappa shape index (κ1) is 11.6. The molecule has 1 rings (SSSR count). The SMILES string of the molecule is CCCNC(=NC)NCCc1ccco1. The average molecular weight is 209 g/mol. The Morgan fingerprint density at radius 3 is 2.80 bits per heavy atom. The van der Waals surface area contributed by atoms with E-state index in [1.807, 2.05) is 12.1 Å². The van der Waals surface area contributed by atoms with E-state index in [0.717, 1.165) is 37.7 Å². The summed E-state index contributed by atoms with van der Waals surface area (Å²) in [7, 11) is 1.78. The predicted molar refractivity (Wildman–Crippen MR) is 62.1 cm³/mol. The largest absolute Gasteiger partial charge is 0.469 e. The molecule has 0 atom stereocenters. The minimum atomic E-state index is 0.830. The molecule has 2 N–H and O–H groups in total. The zero-order valence-electron chi connectivity index (χ0n) is 9.42. The highest BCUT2D eigenvalue weighted by atomic mass is 16.3. The Kier molecular flexibility index (Phi) is 5.37. The van der Waals surface area contributed by atoms with Gasteiger partial charge in [0.15, 0.2) is 5.96 Å². The standard InChI is InChI=1S/C11H19N3O/c1-3-7-13-11(12-2)14-8-6-10-5-4-9-15-10/h4-5,9H,3,6-8H2,1-2H3,(H2,12,13,14). The summed E-state index contributed by atoms with van der Waals surface area (Å²) in [5.41, 5.74) is 0. The van der Waals surface area contributed by atoms with Crippen molar-refractivity contribution in [3.63, 3.8) is 0 Å². The Morgan fingerprint density at radius 1 is 1.40 bits per heavy atom. The number of nitrogens with zero attached hydrogens (tertiary/aromatic N) is 1. The van der Waals surface area contributed by atoms with Crippen LogP contribution in [0, 0.1) is 0 Å². The maximum Gasteiger partial charge on any atom is 0.190 e. The molecular weight excluding hydrogens is 190 g/mol. The number of nitrogens with one attached hydrogen (secondary N) is 2. The van der Waals surface area contributed by atoms with Gasteiger partial charge < -0.3 is 15.1 Å². The molecule has 0 bridgehead atoms. The summed E-state index contributed by atoms with van der Waals surface area (Å²) >= 11 is 0. The number of rotatable bonds is 5. The third-order valence-corrected chi connectivity index (χ3v) is 2.01. The van der Waals surface area contributed by atoms with Crippen LogP contribution in [-0.4, -0.2) is 26.1 Å². The van der Waals surface area contributed by atoms with Crippen LogP contribution in [0.4, 0.5) is 0 Å². The summed E-state index contributed by atoms with van der Waals surface area (Å²) in [5.74, 6) is 1.84. The Bertz CT molecular complexity index is 280. The van der Waals surface area contributed by atoms with Crippen molar-refractivity contribution in [1.29, 1.82) is 0 Å². The van der Waals surface area contributed by atoms with Crippen LogP contribution >= 0.6 is 0 Å². The maximum atomic E-state index is 5.23. The minimum Gasteiger partial charge on any atom is -0.469 e. The first-order chi connectivity index (χ1) is 7.36. The first-order valence-electron chi connectivity index (χ1n) is 5.33. The summed E-state index contributed by atoms with van der Waals surface area (Å²) in [5, 5.41) is 6.43. The van der Waals surface area contributed by atoms with E-state index in [1.165, 1.54) is 0 Å². The van der Waals surface area contributed by atoms with E-state index >= 15 is 0 Å². The zero-order valence-corrected chi connectivity index (χ0v) is 9.42. The lowest BCUT2D eigenvalue weighted by atomic mass is 10.3. The fourth-order valence-electron chi connectivity index (χ4n) is 1.22. The molecule has 0 saturated heterocycles. The third-order valence-electron chi connectivity index (χ3n) is 2.01. The maximum absolute atomic E-state index is 5.23. The van der Waals surface area contributed by atoms with Crippen LogP contribution in [0.15, 0.2) is 27.8 Å². The second kappa shape index (κ2) is 6.92. The van der Waals surface area contributed by atoms with Crippen molar-refractivity contribution < 1.29 is 4.42 Å². The molecule has 84 valence electrons. The van der Waals surface area contributed by atoms with Crippen LogP contribution < -0.4 is 10.6 Å². The second-order valence-electron chi connectivity index (χ2n) is 3.26. The third kappa shape index (κ3) is 4.54. The number of guanidine groups is 1. The van der Waals surface area contributed by atoms with Gasteiger partial charge in [-0.15, -0.1) is 0 Å². The highest BCUT2D eigenvalue weighted by molar-refractivity contribution is 5.79. The first-order valence-corrected chi connectivity index (χ1v) is 5.33. The molecule has 0 aliphatic rings. The Hall–Kier alpha value is -1.45. The summed E-state index contributed by atoms with van der Waals surface area (Å²) in [6.07, 6.45) is 3.66. The van der Waals surface area contributed by atoms with Crippen molar-refractivity contribution in [2.45, 2.75) is 19.8 Å². The van der Waals surface area contributed by atoms with Crippen LogP contribution in [0.1, 0.15) is 19.1 Å². The fourth-order valence-corrected chi connectivity index (χ4v) is 1.22. The summed E-state index contributed by atoms with van der Waals surface area (Å²) in [6, 6.07) is 3.88. The molecule has 0 amide bonds. The fraction of sp³-hybridized carbons (Fsp3) is 0.545. The molecule has 0 spiro atoms. The predicted octanol–water partition coefficient (Wildman–Crippen LogP) is 1.40. The normalized spacial score (nSPS) is 11.5. The highest BCUT2D eigenvalue weighted by Crippen LogP contribution is 1.99. The molecule has 0 aliphatic heterocycles. The Morgan fingerprint density at radius 2 is 2.20 bits per heavy atom. The smallest absolute Gasteiger partial charge is 0.190 e. The topological polar surface area (TPSA) is 49.6 Å². The molecule has 1 heterocycles. The quantitative estimate of drug-likeness (QED) is 0.569. The monoisotopic (exact) mass is 209 g/mol. The molecule has 4 nitrogen and oxygen atoms in total. The number of aliphatic imine (C=N–C) groups is 1. The van der Waals surface area contributed by atoms with Gasteiger partial charge >= 0.3 is 0 Å². The van der Waals surface area contributed by atoms with Crippen LogP contribution in [0.5, 0.6) is 0 Å². The van der Waals surface area contributed by atoms with Gasteiger partial charge in [0.1, 0.15) is 5.76 Å². The van der Waals surface area contributed by atoms with E-state index in [2.05, 4.69) is 22.5 Å². The molecule has 1 aromatic heterocycles. The van der Waals surface area contributed by atoms with Crippen molar-refractivity contribution in [1.82, 2.24) is 10.6 Å². The van der Waals surface area contributed by atoms with Gasteiger partial charge in [0.25, 0.3) is 0 Å². The number of hydrogen-bond donors (Lipinski definition) is 2. The molecule has 0 aliphatic carbocycles. The number of hydrogen-bond acceptors (Lipinski definition) is 2. The molecule has 4 heteroatoms. The lowest BCUT2D eigenvalue weighted by Crippen LogP contribution is -2.38. The van der Waals surface area contributed by atoms with Gasteiger partial charge in [-0.2, -0.15) is 0 Å². The molecule has 15 heavy (non-hydrogen) atoms. The van der Waals surface area contributed by atoms with Gasteiger partial charge in [0.2, 0.25) is 0 Å². The second-order valence-corrected chi connectivity index (χ2v) is 3.26. The molecule has 0 unspecified atom stereocenters. The van der Waals surface area contributed by atoms with Crippen molar-refractivity contribution in [3.05, 3.63) is 24.2 Å². The van der Waals surface area contributed by atoms with Crippen LogP contribution in [-0.2, 0) is 6.42 Å². The van der Waals surface area contributed by atoms with E-state index in [4.69, 9.17) is 4.42 Å². The van der Waals surface area contributed by atoms with E-state index < -0.39 is 0 Å². The molecule has 0 aromatic carbocycles. The number of furan rings is 1. The van der Waals surface area contributed by atoms with Crippen LogP contribution in [0.3, 0.4) is 0 Å². The van der Waals surface area contributed by atoms with E-state index in [1.54, 1.807) is 13.3 Å². The van der Waals surface area contributed by atoms with Crippen molar-refractivity contribution in [2.24, 2.45) is 4.99 Å². The average Bonchev–Trinajstić information content (AvgIpc) is 2.76. The van der Waals surface area contributed by atoms with Crippen molar-refractivity contribution in [3.8, 4) is 0 Å². The van der Waals surface area contributed by atoms with E-state index in [0.29, 0.717) is 0 Å². The lowest BCUT2D eigenvalue weighted by molar-refractivity contribution is 0.507. The Balaban J connectivity index is 2.17. The molecule has 0 radical (unpaired) electrons. The van der Waals surface area contributed by atoms with Gasteiger partial charge in [-0.1, -0.05) is 6.92 Å². The van der Waals surface area contributed by atoms with Gasteiger partial charge in [0, 0.05) is 26.6 Å². The van der Waals surface area contributed by atoms with Crippen molar-refractivity contribution >= 4 is 5.96 Å². The summed E-state index contributed by atoms with van der Waals surface area (Å²) in [6.45, 7) is 3.90. The molecule has 0 saturated carbocycles. The summed E-state index contributed by atoms with van der Waals surface area (Å²) in [4.78, 5) is 4.11. The molecule has 1 aromatic rings. The van der Waals surface area contributed by atoms with Crippen molar-refractivity contribution in [2.75, 3.05) is 20.1 Å². The van der Waals surface area contributed by atoms with Gasteiger partial charge in [0.05, 0.1) is 6.26 Å². The van der Waals surface area contributed by atoms with Crippen LogP contribution in [0.25, 0.3) is 0 Å². The van der Waals surface area contributed by atoms with Gasteiger partial charge in [-0.3, -0.25) is 4.99 Å². The highest BCUT2D eigenvalue weighted by Gasteiger charge is 1.97. The Labute approximate surface area is 90.8 Å². The minimum absolute atomic E-state index is 0.830. The van der Waals surface area contributed by atoms with E-state index in [-0.39, 0.29) is 0 Å². The van der Waals surface area contributed by atoms with Crippen LogP contribution in [0.2, 0.25) is 0 Å². The molecular formula is C11H19N3O. The summed E-state index contributed by atoms with van der Waals surface area (Å²) < 4.78 is 5.23. The van der Waals surface area contributed by atoms with Gasteiger partial charge in [-0.05, 0) is 18.6 Å².